The highest BCUT2D eigenvalue weighted by molar-refractivity contribution is 5.32. The molecule has 3 saturated carbocycles. The van der Waals surface area contributed by atoms with E-state index in [-0.39, 0.29) is 5.92 Å². The van der Waals surface area contributed by atoms with Crippen molar-refractivity contribution in [2.24, 2.45) is 23.7 Å². The summed E-state index contributed by atoms with van der Waals surface area (Å²) in [5, 5.41) is 9.28. The van der Waals surface area contributed by atoms with Crippen molar-refractivity contribution in [1.82, 2.24) is 0 Å². The molecular weight excluding hydrogens is 306 g/mol. The average molecular weight is 334 g/mol. The van der Waals surface area contributed by atoms with Crippen LogP contribution >= 0.6 is 0 Å². The topological polar surface area (TPSA) is 20.2 Å². The minimum atomic E-state index is -1.09. The van der Waals surface area contributed by atoms with Crippen molar-refractivity contribution in [1.29, 1.82) is 0 Å². The third-order valence-electron chi connectivity index (χ3n) is 7.08. The molecule has 132 valence electrons. The molecule has 0 aliphatic heterocycles. The van der Waals surface area contributed by atoms with E-state index < -0.39 is 17.4 Å². The molecule has 0 spiro atoms. The van der Waals surface area contributed by atoms with Gasteiger partial charge in [0.25, 0.3) is 0 Å². The molecule has 3 heteroatoms. The fraction of sp³-hybridized carbons (Fsp3) is 0.714. The molecule has 0 unspecified atom stereocenters. The minimum absolute atomic E-state index is 0.110. The van der Waals surface area contributed by atoms with Crippen molar-refractivity contribution in [3.8, 4) is 5.75 Å². The number of hydrogen-bond acceptors (Lipinski definition) is 1. The van der Waals surface area contributed by atoms with Gasteiger partial charge in [-0.25, -0.2) is 4.39 Å². The van der Waals surface area contributed by atoms with Gasteiger partial charge >= 0.3 is 0 Å². The monoisotopic (exact) mass is 334 g/mol. The summed E-state index contributed by atoms with van der Waals surface area (Å²) >= 11 is 0. The summed E-state index contributed by atoms with van der Waals surface area (Å²) in [6, 6.07) is 2.86. The molecule has 0 aromatic heterocycles. The first-order valence-corrected chi connectivity index (χ1v) is 9.80. The quantitative estimate of drug-likeness (QED) is 0.702. The van der Waals surface area contributed by atoms with Gasteiger partial charge in [0.05, 0.1) is 0 Å². The zero-order chi connectivity index (χ0) is 16.7. The van der Waals surface area contributed by atoms with Gasteiger partial charge in [0.1, 0.15) is 0 Å². The third-order valence-corrected chi connectivity index (χ3v) is 7.08. The highest BCUT2D eigenvalue weighted by Crippen LogP contribution is 2.49. The maximum Gasteiger partial charge on any atom is 0.200 e. The molecule has 4 rings (SSSR count). The Morgan fingerprint density at radius 3 is 1.50 bits per heavy atom. The Bertz CT molecular complexity index is 580. The smallest absolute Gasteiger partial charge is 0.200 e. The second-order valence-corrected chi connectivity index (χ2v) is 8.43. The molecule has 0 atom stereocenters. The number of phenolic OH excluding ortho intramolecular Hbond substituents is 1. The van der Waals surface area contributed by atoms with Gasteiger partial charge in [-0.3, -0.25) is 0 Å². The van der Waals surface area contributed by atoms with Crippen LogP contribution < -0.4 is 0 Å². The van der Waals surface area contributed by atoms with E-state index >= 15 is 0 Å². The molecule has 0 radical (unpaired) electrons. The normalized spacial score (nSPS) is 34.2. The van der Waals surface area contributed by atoms with Crippen LogP contribution in [-0.2, 0) is 0 Å². The number of benzene rings is 1. The van der Waals surface area contributed by atoms with E-state index in [0.717, 1.165) is 49.4 Å². The summed E-state index contributed by atoms with van der Waals surface area (Å²) in [5.74, 6) is 1.29. The second-order valence-electron chi connectivity index (χ2n) is 8.43. The van der Waals surface area contributed by atoms with Crippen LogP contribution in [0.4, 0.5) is 8.78 Å². The maximum atomic E-state index is 14.1. The number of hydrogen-bond donors (Lipinski definition) is 1. The lowest BCUT2D eigenvalue weighted by molar-refractivity contribution is 0.152. The van der Waals surface area contributed by atoms with Gasteiger partial charge < -0.3 is 5.11 Å². The van der Waals surface area contributed by atoms with Gasteiger partial charge in [0.2, 0.25) is 5.82 Å². The SMILES string of the molecule is Oc1ccc(C2CCC(C3CCC(C4CC4)CC3)CC2)c(F)c1F. The first-order chi connectivity index (χ1) is 11.6. The van der Waals surface area contributed by atoms with Crippen molar-refractivity contribution in [3.05, 3.63) is 29.3 Å². The zero-order valence-electron chi connectivity index (χ0n) is 14.3. The Hall–Kier alpha value is -1.12. The lowest BCUT2D eigenvalue weighted by Crippen LogP contribution is -2.26. The summed E-state index contributed by atoms with van der Waals surface area (Å²) in [4.78, 5) is 0. The van der Waals surface area contributed by atoms with Gasteiger partial charge in [-0.1, -0.05) is 6.07 Å². The van der Waals surface area contributed by atoms with Crippen LogP contribution in [0.25, 0.3) is 0 Å². The highest BCUT2D eigenvalue weighted by Gasteiger charge is 2.37. The van der Waals surface area contributed by atoms with E-state index in [9.17, 15) is 13.9 Å². The van der Waals surface area contributed by atoms with E-state index in [2.05, 4.69) is 0 Å². The summed E-state index contributed by atoms with van der Waals surface area (Å²) in [5.41, 5.74) is 0.459. The van der Waals surface area contributed by atoms with Crippen LogP contribution in [0.1, 0.15) is 75.7 Å². The molecule has 0 heterocycles. The summed E-state index contributed by atoms with van der Waals surface area (Å²) in [7, 11) is 0. The van der Waals surface area contributed by atoms with E-state index in [1.807, 2.05) is 0 Å². The molecule has 1 aromatic rings. The molecule has 0 bridgehead atoms. The Labute approximate surface area is 143 Å². The van der Waals surface area contributed by atoms with Gasteiger partial charge in [0.15, 0.2) is 11.6 Å². The van der Waals surface area contributed by atoms with Crippen molar-refractivity contribution >= 4 is 0 Å². The van der Waals surface area contributed by atoms with Crippen molar-refractivity contribution < 1.29 is 13.9 Å². The minimum Gasteiger partial charge on any atom is -0.505 e. The lowest BCUT2D eigenvalue weighted by atomic mass is 9.68. The molecule has 24 heavy (non-hydrogen) atoms. The van der Waals surface area contributed by atoms with E-state index in [1.165, 1.54) is 44.6 Å². The number of rotatable bonds is 3. The van der Waals surface area contributed by atoms with Crippen LogP contribution in [0, 0.1) is 35.3 Å². The Morgan fingerprint density at radius 2 is 1.04 bits per heavy atom. The zero-order valence-corrected chi connectivity index (χ0v) is 14.3. The van der Waals surface area contributed by atoms with Crippen LogP contribution in [0.3, 0.4) is 0 Å². The predicted octanol–water partition coefficient (Wildman–Crippen LogP) is 6.16. The van der Waals surface area contributed by atoms with Gasteiger partial charge in [-0.05, 0) is 105 Å². The summed E-state index contributed by atoms with van der Waals surface area (Å²) in [6.07, 6.45) is 12.8. The Morgan fingerprint density at radius 1 is 0.625 bits per heavy atom. The molecule has 0 saturated heterocycles. The van der Waals surface area contributed by atoms with Crippen LogP contribution in [0.2, 0.25) is 0 Å². The van der Waals surface area contributed by atoms with E-state index in [1.54, 1.807) is 6.07 Å². The van der Waals surface area contributed by atoms with Gasteiger partial charge in [-0.2, -0.15) is 4.39 Å². The molecule has 3 aliphatic carbocycles. The molecule has 3 aliphatic rings. The van der Waals surface area contributed by atoms with E-state index in [0.29, 0.717) is 5.56 Å². The summed E-state index contributed by atoms with van der Waals surface area (Å²) < 4.78 is 27.7. The van der Waals surface area contributed by atoms with Gasteiger partial charge in [-0.15, -0.1) is 0 Å². The molecule has 1 N–H and O–H groups in total. The molecule has 1 aromatic carbocycles. The predicted molar refractivity (Wildman–Crippen MR) is 90.9 cm³/mol. The van der Waals surface area contributed by atoms with Gasteiger partial charge in [0, 0.05) is 0 Å². The molecule has 1 nitrogen and oxygen atoms in total. The fourth-order valence-electron chi connectivity index (χ4n) is 5.43. The van der Waals surface area contributed by atoms with E-state index in [4.69, 9.17) is 0 Å². The summed E-state index contributed by atoms with van der Waals surface area (Å²) in [6.45, 7) is 0. The average Bonchev–Trinajstić information content (AvgIpc) is 3.46. The maximum absolute atomic E-state index is 14.1. The highest BCUT2D eigenvalue weighted by atomic mass is 19.2. The van der Waals surface area contributed by atoms with Crippen molar-refractivity contribution in [2.75, 3.05) is 0 Å². The van der Waals surface area contributed by atoms with Crippen molar-refractivity contribution in [3.63, 3.8) is 0 Å². The largest absolute Gasteiger partial charge is 0.505 e. The number of phenols is 1. The Kier molecular flexibility index (Phi) is 4.53. The molecule has 3 fully saturated rings. The standard InChI is InChI=1S/C21H28F2O/c22-20-18(11-12-19(24)21(20)23)17-9-7-16(8-10-17)15-5-3-14(4-6-15)13-1-2-13/h11-17,24H,1-10H2. The van der Waals surface area contributed by atoms with Crippen LogP contribution in [0.5, 0.6) is 5.75 Å². The number of aromatic hydroxyl groups is 1. The number of halogens is 2. The van der Waals surface area contributed by atoms with Crippen LogP contribution in [-0.4, -0.2) is 5.11 Å². The molecular formula is C21H28F2O. The first kappa shape index (κ1) is 16.4. The Balaban J connectivity index is 1.33. The first-order valence-electron chi connectivity index (χ1n) is 9.80. The van der Waals surface area contributed by atoms with Crippen LogP contribution in [0.15, 0.2) is 12.1 Å². The third kappa shape index (κ3) is 3.19. The van der Waals surface area contributed by atoms with Crippen molar-refractivity contribution in [2.45, 2.75) is 70.1 Å². The fourth-order valence-corrected chi connectivity index (χ4v) is 5.43. The second kappa shape index (κ2) is 6.65. The molecule has 0 amide bonds. The lowest BCUT2D eigenvalue weighted by Gasteiger charge is -2.38.